The molecule has 0 atom stereocenters. The molecule has 0 saturated carbocycles. The van der Waals surface area contributed by atoms with Crippen LogP contribution in [0, 0.1) is 0 Å². The third-order valence-electron chi connectivity index (χ3n) is 2.61. The monoisotopic (exact) mass is 256 g/mol. The van der Waals surface area contributed by atoms with Gasteiger partial charge in [-0.1, -0.05) is 6.92 Å². The lowest BCUT2D eigenvalue weighted by molar-refractivity contribution is -0.133. The minimum Gasteiger partial charge on any atom is -0.478 e. The molecule has 2 N–H and O–H groups in total. The lowest BCUT2D eigenvalue weighted by atomic mass is 10.1. The van der Waals surface area contributed by atoms with E-state index in [-0.39, 0.29) is 11.1 Å². The minimum absolute atomic E-state index is 0.0309. The predicted octanol–water partition coefficient (Wildman–Crippen LogP) is 1.38. The molecule has 18 heavy (non-hydrogen) atoms. The average Bonchev–Trinajstić information content (AvgIpc) is 2.33. The molecule has 0 aromatic carbocycles. The fourth-order valence-corrected chi connectivity index (χ4v) is 1.27. The van der Waals surface area contributed by atoms with Gasteiger partial charge in [0, 0.05) is 24.2 Å². The second kappa shape index (κ2) is 7.47. The van der Waals surface area contributed by atoms with Crippen molar-refractivity contribution in [2.75, 3.05) is 13.1 Å². The second-order valence-corrected chi connectivity index (χ2v) is 3.89. The Bertz CT molecular complexity index is 374. The quantitative estimate of drug-likeness (QED) is 0.727. The van der Waals surface area contributed by atoms with Crippen molar-refractivity contribution in [1.29, 1.82) is 0 Å². The first-order chi connectivity index (χ1) is 8.34. The fraction of sp³-hybridized carbons (Fsp3) is 0.583. The number of amides is 3. The van der Waals surface area contributed by atoms with Crippen LogP contribution >= 0.6 is 0 Å². The third kappa shape index (κ3) is 4.57. The van der Waals surface area contributed by atoms with Gasteiger partial charge in [-0.3, -0.25) is 10.1 Å². The number of carboxylic acid groups (broad SMARTS) is 1. The van der Waals surface area contributed by atoms with Crippen LogP contribution in [0.4, 0.5) is 4.79 Å². The molecule has 0 spiro atoms. The van der Waals surface area contributed by atoms with Gasteiger partial charge in [-0.15, -0.1) is 0 Å². The number of hydrogen-bond acceptors (Lipinski definition) is 3. The van der Waals surface area contributed by atoms with E-state index in [2.05, 4.69) is 5.32 Å². The number of nitrogens with zero attached hydrogens (tertiary/aromatic N) is 1. The highest BCUT2D eigenvalue weighted by Crippen LogP contribution is 2.04. The Labute approximate surface area is 107 Å². The molecule has 0 aromatic rings. The van der Waals surface area contributed by atoms with Crippen molar-refractivity contribution < 1.29 is 19.5 Å². The van der Waals surface area contributed by atoms with E-state index in [1.165, 1.54) is 18.7 Å². The van der Waals surface area contributed by atoms with Crippen molar-refractivity contribution in [2.24, 2.45) is 0 Å². The summed E-state index contributed by atoms with van der Waals surface area (Å²) in [6.45, 7) is 7.49. The van der Waals surface area contributed by atoms with E-state index >= 15 is 0 Å². The number of carboxylic acids is 1. The molecule has 6 nitrogen and oxygen atoms in total. The molecule has 0 aromatic heterocycles. The Hall–Kier alpha value is -1.85. The second-order valence-electron chi connectivity index (χ2n) is 3.89. The highest BCUT2D eigenvalue weighted by atomic mass is 16.4. The maximum atomic E-state index is 11.7. The summed E-state index contributed by atoms with van der Waals surface area (Å²) in [6, 6.07) is -0.498. The summed E-state index contributed by atoms with van der Waals surface area (Å²) in [5.41, 5.74) is -0.0396. The van der Waals surface area contributed by atoms with Crippen molar-refractivity contribution in [2.45, 2.75) is 34.1 Å². The Morgan fingerprint density at radius 2 is 1.67 bits per heavy atom. The van der Waals surface area contributed by atoms with Gasteiger partial charge in [0.25, 0.3) is 5.91 Å². The van der Waals surface area contributed by atoms with Crippen molar-refractivity contribution in [1.82, 2.24) is 10.2 Å². The maximum Gasteiger partial charge on any atom is 0.331 e. The van der Waals surface area contributed by atoms with Crippen LogP contribution < -0.4 is 5.32 Å². The summed E-state index contributed by atoms with van der Waals surface area (Å²) < 4.78 is 0. The van der Waals surface area contributed by atoms with Crippen molar-refractivity contribution in [3.63, 3.8) is 0 Å². The summed E-state index contributed by atoms with van der Waals surface area (Å²) in [7, 11) is 0. The third-order valence-corrected chi connectivity index (χ3v) is 2.61. The molecule has 0 bridgehead atoms. The largest absolute Gasteiger partial charge is 0.478 e. The van der Waals surface area contributed by atoms with Crippen molar-refractivity contribution >= 4 is 17.9 Å². The van der Waals surface area contributed by atoms with Crippen LogP contribution in [0.5, 0.6) is 0 Å². The number of carbonyl (C=O) groups excluding carboxylic acids is 2. The van der Waals surface area contributed by atoms with Gasteiger partial charge in [-0.2, -0.15) is 0 Å². The van der Waals surface area contributed by atoms with Crippen molar-refractivity contribution in [3.05, 3.63) is 11.1 Å². The fourth-order valence-electron chi connectivity index (χ4n) is 1.27. The average molecular weight is 256 g/mol. The Morgan fingerprint density at radius 3 is 2.06 bits per heavy atom. The van der Waals surface area contributed by atoms with E-state index in [0.29, 0.717) is 13.1 Å². The van der Waals surface area contributed by atoms with E-state index in [4.69, 9.17) is 5.11 Å². The zero-order valence-corrected chi connectivity index (χ0v) is 11.2. The molecule has 102 valence electrons. The molecule has 3 amide bonds. The number of carbonyl (C=O) groups is 3. The highest BCUT2D eigenvalue weighted by Gasteiger charge is 2.17. The molecular weight excluding hydrogens is 236 g/mol. The molecule has 0 aliphatic rings. The Kier molecular flexibility index (Phi) is 6.70. The molecular formula is C12H20N2O4. The number of hydrogen-bond donors (Lipinski definition) is 2. The molecule has 0 unspecified atom stereocenters. The van der Waals surface area contributed by atoms with E-state index in [9.17, 15) is 14.4 Å². The SMILES string of the molecule is CCCN(CC)C(=O)NC(=O)C(C)=C(C)C(=O)O. The first kappa shape index (κ1) is 16.1. The minimum atomic E-state index is -1.17. The molecule has 0 fully saturated rings. The Morgan fingerprint density at radius 1 is 1.11 bits per heavy atom. The first-order valence-electron chi connectivity index (χ1n) is 5.86. The highest BCUT2D eigenvalue weighted by molar-refractivity contribution is 6.07. The van der Waals surface area contributed by atoms with E-state index < -0.39 is 17.9 Å². The van der Waals surface area contributed by atoms with Crippen LogP contribution in [-0.2, 0) is 9.59 Å². The van der Waals surface area contributed by atoms with E-state index in [1.807, 2.05) is 13.8 Å². The number of nitrogens with one attached hydrogen (secondary N) is 1. The van der Waals surface area contributed by atoms with Crippen LogP contribution in [0.25, 0.3) is 0 Å². The van der Waals surface area contributed by atoms with Crippen LogP contribution in [0.3, 0.4) is 0 Å². The van der Waals surface area contributed by atoms with Gasteiger partial charge in [0.15, 0.2) is 0 Å². The van der Waals surface area contributed by atoms with Gasteiger partial charge in [0.05, 0.1) is 0 Å². The van der Waals surface area contributed by atoms with Gasteiger partial charge < -0.3 is 10.0 Å². The number of aliphatic carboxylic acids is 1. The van der Waals surface area contributed by atoms with Gasteiger partial charge in [0.1, 0.15) is 0 Å². The summed E-state index contributed by atoms with van der Waals surface area (Å²) in [6.07, 6.45) is 0.790. The zero-order valence-electron chi connectivity index (χ0n) is 11.2. The molecule has 0 aliphatic carbocycles. The van der Waals surface area contributed by atoms with Crippen molar-refractivity contribution in [3.8, 4) is 0 Å². The molecule has 0 heterocycles. The molecule has 0 rings (SSSR count). The van der Waals surface area contributed by atoms with Crippen LogP contribution in [0.1, 0.15) is 34.1 Å². The summed E-state index contributed by atoms with van der Waals surface area (Å²) in [5.74, 6) is -1.84. The van der Waals surface area contributed by atoms with Crippen LogP contribution in [0.15, 0.2) is 11.1 Å². The van der Waals surface area contributed by atoms with Crippen LogP contribution in [-0.4, -0.2) is 41.0 Å². The number of urea groups is 1. The van der Waals surface area contributed by atoms with Gasteiger partial charge >= 0.3 is 12.0 Å². The lowest BCUT2D eigenvalue weighted by Gasteiger charge is -2.20. The molecule has 0 aliphatic heterocycles. The maximum absolute atomic E-state index is 11.7. The van der Waals surface area contributed by atoms with Gasteiger partial charge in [-0.25, -0.2) is 9.59 Å². The molecule has 0 radical (unpaired) electrons. The van der Waals surface area contributed by atoms with E-state index in [1.54, 1.807) is 0 Å². The van der Waals surface area contributed by atoms with Gasteiger partial charge in [-0.05, 0) is 27.2 Å². The smallest absolute Gasteiger partial charge is 0.331 e. The van der Waals surface area contributed by atoms with E-state index in [0.717, 1.165) is 6.42 Å². The summed E-state index contributed by atoms with van der Waals surface area (Å²) >= 11 is 0. The summed E-state index contributed by atoms with van der Waals surface area (Å²) in [5, 5.41) is 10.9. The summed E-state index contributed by atoms with van der Waals surface area (Å²) in [4.78, 5) is 35.5. The predicted molar refractivity (Wildman–Crippen MR) is 67.1 cm³/mol. The molecule has 0 saturated heterocycles. The standard InChI is InChI=1S/C12H20N2O4/c1-5-7-14(6-2)12(18)13-10(15)8(3)9(4)11(16)17/h5-7H2,1-4H3,(H,16,17)(H,13,15,18). The Balaban J connectivity index is 4.71. The topological polar surface area (TPSA) is 86.7 Å². The molecule has 6 heteroatoms. The van der Waals surface area contributed by atoms with Crippen LogP contribution in [0.2, 0.25) is 0 Å². The lowest BCUT2D eigenvalue weighted by Crippen LogP contribution is -2.43. The zero-order chi connectivity index (χ0) is 14.3. The first-order valence-corrected chi connectivity index (χ1v) is 5.86. The number of imide groups is 1. The van der Waals surface area contributed by atoms with Gasteiger partial charge in [0.2, 0.25) is 0 Å². The normalized spacial score (nSPS) is 11.6. The number of rotatable bonds is 5.